The van der Waals surface area contributed by atoms with E-state index in [2.05, 4.69) is 10.3 Å². The number of ketones is 1. The van der Waals surface area contributed by atoms with E-state index in [9.17, 15) is 9.59 Å². The van der Waals surface area contributed by atoms with Crippen LogP contribution in [0, 0.1) is 0 Å². The van der Waals surface area contributed by atoms with Crippen LogP contribution in [0.25, 0.3) is 0 Å². The van der Waals surface area contributed by atoms with Gasteiger partial charge in [-0.25, -0.2) is 4.98 Å². The van der Waals surface area contributed by atoms with Gasteiger partial charge < -0.3 is 5.32 Å². The van der Waals surface area contributed by atoms with E-state index in [-0.39, 0.29) is 24.2 Å². The van der Waals surface area contributed by atoms with Crippen molar-refractivity contribution in [1.82, 2.24) is 10.3 Å². The van der Waals surface area contributed by atoms with Gasteiger partial charge in [0.05, 0.1) is 17.9 Å². The molecule has 1 aromatic heterocycles. The van der Waals surface area contributed by atoms with Crippen LogP contribution < -0.4 is 5.32 Å². The van der Waals surface area contributed by atoms with Crippen LogP contribution in [-0.4, -0.2) is 28.5 Å². The Morgan fingerprint density at radius 3 is 2.74 bits per heavy atom. The molecular weight excluding hydrogens is 328 g/mol. The fourth-order valence-corrected chi connectivity index (χ4v) is 3.60. The number of carbonyl (C=O) groups is 2. The molecule has 1 unspecified atom stereocenters. The highest BCUT2D eigenvalue weighted by atomic mass is 32.2. The molecule has 2 aromatic rings. The Hall–Kier alpha value is -1.66. The number of aromatic nitrogens is 1. The molecule has 2 rings (SSSR count). The van der Waals surface area contributed by atoms with Crippen LogP contribution in [0.4, 0.5) is 0 Å². The zero-order valence-electron chi connectivity index (χ0n) is 13.2. The number of hydrogen-bond donors (Lipinski definition) is 1. The number of hydrogen-bond acceptors (Lipinski definition) is 5. The van der Waals surface area contributed by atoms with E-state index in [4.69, 9.17) is 0 Å². The fourth-order valence-electron chi connectivity index (χ4n) is 1.86. The van der Waals surface area contributed by atoms with E-state index in [0.717, 1.165) is 16.5 Å². The van der Waals surface area contributed by atoms with Crippen LogP contribution in [0.3, 0.4) is 0 Å². The SMILES string of the molecule is CCC(C)NC(=O)Cc1csc(SCC(=O)c2ccccc2)n1. The number of amides is 1. The first-order chi connectivity index (χ1) is 11.1. The van der Waals surface area contributed by atoms with Crippen molar-refractivity contribution >= 4 is 34.8 Å². The Kier molecular flexibility index (Phi) is 6.80. The molecule has 23 heavy (non-hydrogen) atoms. The van der Waals surface area contributed by atoms with Gasteiger partial charge in [-0.3, -0.25) is 9.59 Å². The first kappa shape index (κ1) is 17.7. The number of benzene rings is 1. The summed E-state index contributed by atoms with van der Waals surface area (Å²) in [6.45, 7) is 4.02. The predicted octanol–water partition coefficient (Wildman–Crippen LogP) is 3.58. The number of carbonyl (C=O) groups excluding carboxylic acids is 2. The van der Waals surface area contributed by atoms with E-state index in [1.165, 1.54) is 23.1 Å². The summed E-state index contributed by atoms with van der Waals surface area (Å²) in [7, 11) is 0. The molecule has 0 fully saturated rings. The monoisotopic (exact) mass is 348 g/mol. The smallest absolute Gasteiger partial charge is 0.226 e. The third-order valence-corrected chi connectivity index (χ3v) is 5.38. The van der Waals surface area contributed by atoms with Crippen LogP contribution in [0.1, 0.15) is 36.3 Å². The van der Waals surface area contributed by atoms with Crippen molar-refractivity contribution in [2.75, 3.05) is 5.75 Å². The maximum Gasteiger partial charge on any atom is 0.226 e. The van der Waals surface area contributed by atoms with E-state index in [1.54, 1.807) is 0 Å². The highest BCUT2D eigenvalue weighted by molar-refractivity contribution is 8.01. The Morgan fingerprint density at radius 1 is 1.30 bits per heavy atom. The molecule has 0 radical (unpaired) electrons. The van der Waals surface area contributed by atoms with Crippen LogP contribution in [0.15, 0.2) is 40.1 Å². The minimum Gasteiger partial charge on any atom is -0.353 e. The molecule has 6 heteroatoms. The topological polar surface area (TPSA) is 59.1 Å². The van der Waals surface area contributed by atoms with E-state index < -0.39 is 0 Å². The van der Waals surface area contributed by atoms with Crippen molar-refractivity contribution in [2.45, 2.75) is 37.1 Å². The summed E-state index contributed by atoms with van der Waals surface area (Å²) in [6, 6.07) is 9.41. The normalized spacial score (nSPS) is 11.9. The first-order valence-electron chi connectivity index (χ1n) is 7.53. The number of nitrogens with zero attached hydrogens (tertiary/aromatic N) is 1. The second-order valence-electron chi connectivity index (χ2n) is 5.24. The lowest BCUT2D eigenvalue weighted by molar-refractivity contribution is -0.121. The summed E-state index contributed by atoms with van der Waals surface area (Å²) >= 11 is 2.89. The zero-order valence-corrected chi connectivity index (χ0v) is 14.9. The Labute approximate surface area is 144 Å². The largest absolute Gasteiger partial charge is 0.353 e. The summed E-state index contributed by atoms with van der Waals surface area (Å²) in [4.78, 5) is 28.3. The minimum atomic E-state index is -0.0124. The summed E-state index contributed by atoms with van der Waals surface area (Å²) in [5.74, 6) is 0.430. The molecule has 0 spiro atoms. The highest BCUT2D eigenvalue weighted by Gasteiger charge is 2.11. The van der Waals surface area contributed by atoms with Gasteiger partial charge in [0.1, 0.15) is 0 Å². The van der Waals surface area contributed by atoms with Gasteiger partial charge in [0.25, 0.3) is 0 Å². The second kappa shape index (κ2) is 8.84. The second-order valence-corrected chi connectivity index (χ2v) is 7.32. The summed E-state index contributed by atoms with van der Waals surface area (Å²) in [5.41, 5.74) is 1.47. The zero-order chi connectivity index (χ0) is 16.7. The number of rotatable bonds is 8. The maximum absolute atomic E-state index is 12.0. The van der Waals surface area contributed by atoms with Gasteiger partial charge in [0, 0.05) is 17.0 Å². The van der Waals surface area contributed by atoms with Crippen molar-refractivity contribution < 1.29 is 9.59 Å². The predicted molar refractivity (Wildman–Crippen MR) is 95.2 cm³/mol. The van der Waals surface area contributed by atoms with Gasteiger partial charge in [-0.05, 0) is 13.3 Å². The molecule has 0 bridgehead atoms. The lowest BCUT2D eigenvalue weighted by atomic mass is 10.2. The lowest BCUT2D eigenvalue weighted by Gasteiger charge is -2.10. The fraction of sp³-hybridized carbons (Fsp3) is 0.353. The number of nitrogens with one attached hydrogen (secondary N) is 1. The summed E-state index contributed by atoms with van der Waals surface area (Å²) in [5, 5.41) is 4.80. The van der Waals surface area contributed by atoms with Gasteiger partial charge in [-0.2, -0.15) is 0 Å². The Bertz CT molecular complexity index is 656. The maximum atomic E-state index is 12.0. The van der Waals surface area contributed by atoms with Gasteiger partial charge in [0.2, 0.25) is 5.91 Å². The quantitative estimate of drug-likeness (QED) is 0.585. The highest BCUT2D eigenvalue weighted by Crippen LogP contribution is 2.23. The molecule has 0 aliphatic rings. The van der Waals surface area contributed by atoms with Gasteiger partial charge in [-0.1, -0.05) is 49.0 Å². The van der Waals surface area contributed by atoms with Gasteiger partial charge >= 0.3 is 0 Å². The Morgan fingerprint density at radius 2 is 2.04 bits per heavy atom. The first-order valence-corrected chi connectivity index (χ1v) is 9.39. The van der Waals surface area contributed by atoms with Gasteiger partial charge in [-0.15, -0.1) is 11.3 Å². The molecule has 0 saturated heterocycles. The number of thioether (sulfide) groups is 1. The molecule has 1 aromatic carbocycles. The molecule has 1 N–H and O–H groups in total. The standard InChI is InChI=1S/C17H20N2O2S2/c1-3-12(2)18-16(21)9-14-10-22-17(19-14)23-11-15(20)13-7-5-4-6-8-13/h4-8,10,12H,3,9,11H2,1-2H3,(H,18,21). The lowest BCUT2D eigenvalue weighted by Crippen LogP contribution is -2.33. The average Bonchev–Trinajstić information content (AvgIpc) is 3.00. The van der Waals surface area contributed by atoms with Crippen LogP contribution in [0.2, 0.25) is 0 Å². The molecule has 1 atom stereocenters. The number of Topliss-reactive ketones (excluding diaryl/α,β-unsaturated/α-hetero) is 1. The Balaban J connectivity index is 1.83. The van der Waals surface area contributed by atoms with Crippen LogP contribution in [-0.2, 0) is 11.2 Å². The molecule has 4 nitrogen and oxygen atoms in total. The molecular formula is C17H20N2O2S2. The van der Waals surface area contributed by atoms with Crippen molar-refractivity contribution in [2.24, 2.45) is 0 Å². The van der Waals surface area contributed by atoms with Crippen LogP contribution >= 0.6 is 23.1 Å². The molecule has 122 valence electrons. The molecule has 1 heterocycles. The number of thiazole rings is 1. The minimum absolute atomic E-state index is 0.0124. The average molecular weight is 348 g/mol. The molecule has 0 aliphatic heterocycles. The third-order valence-electron chi connectivity index (χ3n) is 3.31. The van der Waals surface area contributed by atoms with Crippen molar-refractivity contribution in [3.05, 3.63) is 47.0 Å². The van der Waals surface area contributed by atoms with E-state index in [1.807, 2.05) is 49.6 Å². The van der Waals surface area contributed by atoms with E-state index in [0.29, 0.717) is 11.3 Å². The van der Waals surface area contributed by atoms with Crippen molar-refractivity contribution in [3.8, 4) is 0 Å². The molecule has 1 amide bonds. The summed E-state index contributed by atoms with van der Waals surface area (Å²) < 4.78 is 0.820. The third kappa shape index (κ3) is 5.80. The van der Waals surface area contributed by atoms with Crippen LogP contribution in [0.5, 0.6) is 0 Å². The van der Waals surface area contributed by atoms with Crippen molar-refractivity contribution in [1.29, 1.82) is 0 Å². The van der Waals surface area contributed by atoms with Gasteiger partial charge in [0.15, 0.2) is 10.1 Å². The summed E-state index contributed by atoms with van der Waals surface area (Å²) in [6.07, 6.45) is 1.19. The van der Waals surface area contributed by atoms with Crippen molar-refractivity contribution in [3.63, 3.8) is 0 Å². The molecule has 0 saturated carbocycles. The van der Waals surface area contributed by atoms with E-state index >= 15 is 0 Å². The molecule has 0 aliphatic carbocycles.